The second kappa shape index (κ2) is 2.25. The molecule has 0 aromatic heterocycles. The molecule has 0 bridgehead atoms. The Hall–Kier alpha value is -0.990. The molecule has 3 nitrogen and oxygen atoms in total. The smallest absolute Gasteiger partial charge is 0.335 e. The van der Waals surface area contributed by atoms with Crippen molar-refractivity contribution in [3.05, 3.63) is 11.3 Å². The van der Waals surface area contributed by atoms with E-state index < -0.39 is 5.97 Å². The Balaban J connectivity index is 2.36. The van der Waals surface area contributed by atoms with Gasteiger partial charge in [-0.1, -0.05) is 0 Å². The molecule has 2 rings (SSSR count). The number of carboxylic acid groups (broad SMARTS) is 1. The first-order chi connectivity index (χ1) is 5.69. The third kappa shape index (κ3) is 0.854. The van der Waals surface area contributed by atoms with Gasteiger partial charge in [0.15, 0.2) is 0 Å². The van der Waals surface area contributed by atoms with E-state index >= 15 is 0 Å². The number of rotatable bonds is 2. The summed E-state index contributed by atoms with van der Waals surface area (Å²) in [6.07, 6.45) is 3.83. The molecule has 1 N–H and O–H groups in total. The Labute approximate surface area is 71.0 Å². The first kappa shape index (κ1) is 7.65. The predicted octanol–water partition coefficient (Wildman–Crippen LogP) is 1.55. The molecule has 0 aromatic rings. The summed E-state index contributed by atoms with van der Waals surface area (Å²) in [7, 11) is 1.56. The van der Waals surface area contributed by atoms with Crippen LogP contribution in [0.15, 0.2) is 11.3 Å². The molecule has 0 atom stereocenters. The summed E-state index contributed by atoms with van der Waals surface area (Å²) >= 11 is 0. The van der Waals surface area contributed by atoms with Crippen LogP contribution in [-0.4, -0.2) is 18.2 Å². The second-order valence-corrected chi connectivity index (χ2v) is 3.59. The van der Waals surface area contributed by atoms with Crippen LogP contribution in [0.5, 0.6) is 0 Å². The van der Waals surface area contributed by atoms with E-state index in [-0.39, 0.29) is 5.41 Å². The lowest BCUT2D eigenvalue weighted by Crippen LogP contribution is -2.10. The van der Waals surface area contributed by atoms with Gasteiger partial charge in [0, 0.05) is 11.8 Å². The van der Waals surface area contributed by atoms with Crippen LogP contribution in [-0.2, 0) is 9.53 Å². The molecule has 0 unspecified atom stereocenters. The van der Waals surface area contributed by atoms with Crippen LogP contribution in [0.4, 0.5) is 0 Å². The molecule has 0 radical (unpaired) electrons. The van der Waals surface area contributed by atoms with Crippen molar-refractivity contribution in [1.29, 1.82) is 0 Å². The molecule has 2 aliphatic carbocycles. The minimum atomic E-state index is -0.790. The number of hydrogen-bond donors (Lipinski definition) is 1. The Bertz CT molecular complexity index is 261. The fraction of sp³-hybridized carbons (Fsp3) is 0.667. The first-order valence-electron chi connectivity index (χ1n) is 4.20. The number of allylic oxidation sites excluding steroid dienone is 1. The minimum Gasteiger partial charge on any atom is -0.501 e. The number of ether oxygens (including phenoxy) is 1. The largest absolute Gasteiger partial charge is 0.501 e. The molecule has 0 saturated heterocycles. The molecular formula is C9H12O3. The van der Waals surface area contributed by atoms with Gasteiger partial charge in [-0.2, -0.15) is 0 Å². The van der Waals surface area contributed by atoms with Crippen molar-refractivity contribution in [1.82, 2.24) is 0 Å². The van der Waals surface area contributed by atoms with Crippen LogP contribution in [0, 0.1) is 5.41 Å². The predicted molar refractivity (Wildman–Crippen MR) is 42.6 cm³/mol. The van der Waals surface area contributed by atoms with Crippen molar-refractivity contribution in [3.63, 3.8) is 0 Å². The Morgan fingerprint density at radius 3 is 2.58 bits per heavy atom. The van der Waals surface area contributed by atoms with Crippen LogP contribution >= 0.6 is 0 Å². The number of hydrogen-bond acceptors (Lipinski definition) is 2. The Morgan fingerprint density at radius 2 is 2.17 bits per heavy atom. The van der Waals surface area contributed by atoms with E-state index in [2.05, 4.69) is 0 Å². The molecule has 1 fully saturated rings. The van der Waals surface area contributed by atoms with Gasteiger partial charge in [0.1, 0.15) is 5.76 Å². The van der Waals surface area contributed by atoms with Crippen molar-refractivity contribution in [2.24, 2.45) is 5.41 Å². The Morgan fingerprint density at radius 1 is 1.50 bits per heavy atom. The standard InChI is InChI=1S/C9H12O3/c1-12-6-2-3-9(4-5-9)7(6)8(10)11/h2-5H2,1H3,(H,10,11). The van der Waals surface area contributed by atoms with Gasteiger partial charge in [-0.15, -0.1) is 0 Å². The molecule has 0 aromatic carbocycles. The van der Waals surface area contributed by atoms with Crippen molar-refractivity contribution in [2.75, 3.05) is 7.11 Å². The lowest BCUT2D eigenvalue weighted by atomic mass is 9.99. The molecule has 1 saturated carbocycles. The van der Waals surface area contributed by atoms with Crippen LogP contribution in [0.2, 0.25) is 0 Å². The summed E-state index contributed by atoms with van der Waals surface area (Å²) in [5.74, 6) is -0.0955. The van der Waals surface area contributed by atoms with Gasteiger partial charge in [-0.3, -0.25) is 0 Å². The van der Waals surface area contributed by atoms with Crippen molar-refractivity contribution < 1.29 is 14.6 Å². The normalized spacial score (nSPS) is 24.8. The van der Waals surface area contributed by atoms with Gasteiger partial charge in [0.25, 0.3) is 0 Å². The molecule has 12 heavy (non-hydrogen) atoms. The maximum absolute atomic E-state index is 10.9. The van der Waals surface area contributed by atoms with Crippen LogP contribution in [0.1, 0.15) is 25.7 Å². The molecule has 0 heterocycles. The highest BCUT2D eigenvalue weighted by molar-refractivity contribution is 5.90. The lowest BCUT2D eigenvalue weighted by Gasteiger charge is -2.07. The Kier molecular flexibility index (Phi) is 1.43. The third-order valence-corrected chi connectivity index (χ3v) is 2.95. The summed E-state index contributed by atoms with van der Waals surface area (Å²) in [4.78, 5) is 10.9. The summed E-state index contributed by atoms with van der Waals surface area (Å²) in [5.41, 5.74) is 0.557. The quantitative estimate of drug-likeness (QED) is 0.680. The van der Waals surface area contributed by atoms with Crippen LogP contribution in [0.3, 0.4) is 0 Å². The number of aliphatic carboxylic acids is 1. The summed E-state index contributed by atoms with van der Waals surface area (Å²) in [6, 6.07) is 0. The zero-order valence-corrected chi connectivity index (χ0v) is 7.09. The van der Waals surface area contributed by atoms with E-state index in [0.29, 0.717) is 11.3 Å². The van der Waals surface area contributed by atoms with Crippen molar-refractivity contribution in [2.45, 2.75) is 25.7 Å². The van der Waals surface area contributed by atoms with Crippen molar-refractivity contribution in [3.8, 4) is 0 Å². The SMILES string of the molecule is COC1=C(C(=O)O)C2(CC1)CC2. The monoisotopic (exact) mass is 168 g/mol. The summed E-state index contributed by atoms with van der Waals surface area (Å²) in [5, 5.41) is 8.95. The zero-order chi connectivity index (χ0) is 8.77. The molecule has 2 aliphatic rings. The number of carboxylic acids is 1. The van der Waals surface area contributed by atoms with E-state index in [1.165, 1.54) is 0 Å². The molecule has 0 amide bonds. The van der Waals surface area contributed by atoms with Crippen LogP contribution < -0.4 is 0 Å². The maximum Gasteiger partial charge on any atom is 0.335 e. The highest BCUT2D eigenvalue weighted by atomic mass is 16.5. The van der Waals surface area contributed by atoms with E-state index in [1.54, 1.807) is 7.11 Å². The van der Waals surface area contributed by atoms with Gasteiger partial charge in [-0.05, 0) is 19.3 Å². The molecular weight excluding hydrogens is 156 g/mol. The van der Waals surface area contributed by atoms with Crippen molar-refractivity contribution >= 4 is 5.97 Å². The molecule has 3 heteroatoms. The van der Waals surface area contributed by atoms with Gasteiger partial charge in [0.05, 0.1) is 12.7 Å². The first-order valence-corrected chi connectivity index (χ1v) is 4.20. The lowest BCUT2D eigenvalue weighted by molar-refractivity contribution is -0.133. The number of methoxy groups -OCH3 is 1. The van der Waals surface area contributed by atoms with Gasteiger partial charge >= 0.3 is 5.97 Å². The molecule has 66 valence electrons. The fourth-order valence-corrected chi connectivity index (χ4v) is 2.10. The molecule has 0 aliphatic heterocycles. The van der Waals surface area contributed by atoms with E-state index in [1.807, 2.05) is 0 Å². The topological polar surface area (TPSA) is 46.5 Å². The van der Waals surface area contributed by atoms with Gasteiger partial charge < -0.3 is 9.84 Å². The van der Waals surface area contributed by atoms with E-state index in [0.717, 1.165) is 25.7 Å². The van der Waals surface area contributed by atoms with Crippen LogP contribution in [0.25, 0.3) is 0 Å². The molecule has 1 spiro atoms. The second-order valence-electron chi connectivity index (χ2n) is 3.59. The van der Waals surface area contributed by atoms with E-state index in [4.69, 9.17) is 9.84 Å². The summed E-state index contributed by atoms with van der Waals surface area (Å²) < 4.78 is 5.06. The fourth-order valence-electron chi connectivity index (χ4n) is 2.10. The minimum absolute atomic E-state index is 0.0111. The highest BCUT2D eigenvalue weighted by Gasteiger charge is 2.53. The zero-order valence-electron chi connectivity index (χ0n) is 7.09. The maximum atomic E-state index is 10.9. The number of carbonyl (C=O) groups is 1. The highest BCUT2D eigenvalue weighted by Crippen LogP contribution is 2.60. The van der Waals surface area contributed by atoms with Gasteiger partial charge in [0.2, 0.25) is 0 Å². The summed E-state index contributed by atoms with van der Waals surface area (Å²) in [6.45, 7) is 0. The average Bonchev–Trinajstić information content (AvgIpc) is 2.64. The van der Waals surface area contributed by atoms with E-state index in [9.17, 15) is 4.79 Å². The third-order valence-electron chi connectivity index (χ3n) is 2.95. The van der Waals surface area contributed by atoms with Gasteiger partial charge in [-0.25, -0.2) is 4.79 Å². The average molecular weight is 168 g/mol.